The summed E-state index contributed by atoms with van der Waals surface area (Å²) in [6, 6.07) is 10.2. The summed E-state index contributed by atoms with van der Waals surface area (Å²) in [6.07, 6.45) is 1.02. The summed E-state index contributed by atoms with van der Waals surface area (Å²) in [5.41, 5.74) is 1.07. The molecule has 2 fully saturated rings. The number of aryl methyl sites for hydroxylation is 1. The van der Waals surface area contributed by atoms with Crippen molar-refractivity contribution >= 4 is 11.7 Å². The van der Waals surface area contributed by atoms with Crippen LogP contribution in [-0.4, -0.2) is 47.2 Å². The Labute approximate surface area is 146 Å². The largest absolute Gasteiger partial charge is 0.355 e. The normalized spacial score (nSPS) is 22.8. The van der Waals surface area contributed by atoms with Crippen molar-refractivity contribution in [2.45, 2.75) is 13.3 Å². The van der Waals surface area contributed by atoms with E-state index in [9.17, 15) is 9.18 Å². The first kappa shape index (κ1) is 16.0. The highest BCUT2D eigenvalue weighted by molar-refractivity contribution is 5.94. The van der Waals surface area contributed by atoms with Crippen LogP contribution in [0.15, 0.2) is 36.4 Å². The Kier molecular flexibility index (Phi) is 4.11. The number of benzene rings is 1. The zero-order valence-electron chi connectivity index (χ0n) is 14.2. The first-order chi connectivity index (χ1) is 12.1. The van der Waals surface area contributed by atoms with Crippen LogP contribution in [0, 0.1) is 24.6 Å². The Morgan fingerprint density at radius 2 is 1.88 bits per heavy atom. The molecule has 2 atom stereocenters. The van der Waals surface area contributed by atoms with E-state index in [1.165, 1.54) is 6.07 Å². The number of carbonyl (C=O) groups is 1. The van der Waals surface area contributed by atoms with Crippen LogP contribution < -0.4 is 4.90 Å². The van der Waals surface area contributed by atoms with Crippen LogP contribution in [0.1, 0.15) is 22.5 Å². The number of nitrogens with zero attached hydrogens (tertiary/aromatic N) is 4. The minimum absolute atomic E-state index is 0.169. The molecule has 0 unspecified atom stereocenters. The molecule has 3 heterocycles. The monoisotopic (exact) mass is 340 g/mol. The third kappa shape index (κ3) is 3.08. The number of aromatic nitrogens is 2. The second-order valence-corrected chi connectivity index (χ2v) is 6.98. The molecule has 1 aromatic carbocycles. The number of likely N-dealkylation sites (tertiary alicyclic amines) is 1. The van der Waals surface area contributed by atoms with Crippen LogP contribution in [0.2, 0.25) is 0 Å². The number of carbonyl (C=O) groups excluding carboxylic acids is 1. The van der Waals surface area contributed by atoms with E-state index in [0.717, 1.165) is 31.0 Å². The molecule has 4 rings (SSSR count). The fourth-order valence-electron chi connectivity index (χ4n) is 3.91. The molecule has 0 spiro atoms. The number of fused-ring (bicyclic) bond motifs is 1. The Balaban J connectivity index is 1.46. The van der Waals surface area contributed by atoms with Crippen LogP contribution in [0.3, 0.4) is 0 Å². The highest BCUT2D eigenvalue weighted by Crippen LogP contribution is 2.33. The van der Waals surface area contributed by atoms with E-state index in [2.05, 4.69) is 15.1 Å². The Bertz CT molecular complexity index is 779. The topological polar surface area (TPSA) is 49.3 Å². The van der Waals surface area contributed by atoms with E-state index in [-0.39, 0.29) is 11.5 Å². The smallest absolute Gasteiger partial charge is 0.256 e. The number of hydrogen-bond acceptors (Lipinski definition) is 4. The van der Waals surface area contributed by atoms with Gasteiger partial charge in [-0.1, -0.05) is 12.1 Å². The molecule has 1 aromatic heterocycles. The molecule has 25 heavy (non-hydrogen) atoms. The number of halogens is 1. The van der Waals surface area contributed by atoms with Crippen LogP contribution in [0.4, 0.5) is 10.2 Å². The van der Waals surface area contributed by atoms with Gasteiger partial charge in [-0.15, -0.1) is 5.10 Å². The van der Waals surface area contributed by atoms with Crippen LogP contribution in [-0.2, 0) is 0 Å². The van der Waals surface area contributed by atoms with E-state index < -0.39 is 5.82 Å². The van der Waals surface area contributed by atoms with Gasteiger partial charge in [0.25, 0.3) is 5.91 Å². The quantitative estimate of drug-likeness (QED) is 0.843. The highest BCUT2D eigenvalue weighted by atomic mass is 19.1. The summed E-state index contributed by atoms with van der Waals surface area (Å²) in [6.45, 7) is 5.09. The molecule has 6 heteroatoms. The molecule has 1 amide bonds. The van der Waals surface area contributed by atoms with Crippen LogP contribution >= 0.6 is 0 Å². The van der Waals surface area contributed by atoms with E-state index >= 15 is 0 Å². The zero-order chi connectivity index (χ0) is 17.4. The van der Waals surface area contributed by atoms with Crippen molar-refractivity contribution in [1.29, 1.82) is 0 Å². The first-order valence-electron chi connectivity index (χ1n) is 8.71. The summed E-state index contributed by atoms with van der Waals surface area (Å²) < 4.78 is 13.9. The fraction of sp³-hybridized carbons (Fsp3) is 0.421. The second-order valence-electron chi connectivity index (χ2n) is 6.98. The molecular weight excluding hydrogens is 319 g/mol. The molecule has 0 N–H and O–H groups in total. The van der Waals surface area contributed by atoms with Gasteiger partial charge in [0, 0.05) is 26.2 Å². The molecule has 0 aliphatic carbocycles. The molecule has 2 saturated heterocycles. The van der Waals surface area contributed by atoms with E-state index in [4.69, 9.17) is 0 Å². The van der Waals surface area contributed by atoms with Crippen molar-refractivity contribution in [3.63, 3.8) is 0 Å². The zero-order valence-corrected chi connectivity index (χ0v) is 14.2. The van der Waals surface area contributed by atoms with Gasteiger partial charge in [-0.3, -0.25) is 4.79 Å². The molecule has 2 aliphatic heterocycles. The maximum Gasteiger partial charge on any atom is 0.256 e. The second kappa shape index (κ2) is 6.43. The predicted molar refractivity (Wildman–Crippen MR) is 92.9 cm³/mol. The minimum Gasteiger partial charge on any atom is -0.355 e. The summed E-state index contributed by atoms with van der Waals surface area (Å²) in [5, 5.41) is 8.41. The molecule has 0 radical (unpaired) electrons. The standard InChI is InChI=1S/C19H21FN4O/c1-13-6-7-18(22-21-13)23-9-8-14-10-24(12-15(14)11-23)19(25)16-4-2-3-5-17(16)20/h2-7,14-15H,8-12H2,1H3/t14-,15+/m0/s1. The number of rotatable bonds is 2. The van der Waals surface area contributed by atoms with Gasteiger partial charge in [0.15, 0.2) is 5.82 Å². The van der Waals surface area contributed by atoms with Gasteiger partial charge in [-0.25, -0.2) is 4.39 Å². The van der Waals surface area contributed by atoms with Crippen molar-refractivity contribution in [3.8, 4) is 0 Å². The predicted octanol–water partition coefficient (Wildman–Crippen LogP) is 2.52. The lowest BCUT2D eigenvalue weighted by atomic mass is 9.89. The minimum atomic E-state index is -0.445. The lowest BCUT2D eigenvalue weighted by Crippen LogP contribution is -2.40. The van der Waals surface area contributed by atoms with E-state index in [1.807, 2.05) is 19.1 Å². The fourth-order valence-corrected chi connectivity index (χ4v) is 3.91. The molecule has 0 saturated carbocycles. The number of anilines is 1. The molecule has 2 aliphatic rings. The summed E-state index contributed by atoms with van der Waals surface area (Å²) in [4.78, 5) is 16.7. The van der Waals surface area contributed by atoms with Gasteiger partial charge in [0.2, 0.25) is 0 Å². The van der Waals surface area contributed by atoms with E-state index in [0.29, 0.717) is 24.9 Å². The van der Waals surface area contributed by atoms with E-state index in [1.54, 1.807) is 23.1 Å². The Hall–Kier alpha value is -2.50. The van der Waals surface area contributed by atoms with Gasteiger partial charge in [-0.2, -0.15) is 5.10 Å². The average molecular weight is 340 g/mol. The third-order valence-electron chi connectivity index (χ3n) is 5.30. The maximum absolute atomic E-state index is 13.9. The lowest BCUT2D eigenvalue weighted by molar-refractivity contribution is 0.0780. The van der Waals surface area contributed by atoms with Crippen molar-refractivity contribution in [3.05, 3.63) is 53.5 Å². The SMILES string of the molecule is Cc1ccc(N2CC[C@H]3CN(C(=O)c4ccccc4F)C[C@H]3C2)nn1. The highest BCUT2D eigenvalue weighted by Gasteiger charge is 2.39. The van der Waals surface area contributed by atoms with Gasteiger partial charge in [0.1, 0.15) is 5.82 Å². The van der Waals surface area contributed by atoms with Crippen molar-refractivity contribution in [2.24, 2.45) is 11.8 Å². The van der Waals surface area contributed by atoms with Crippen LogP contribution in [0.5, 0.6) is 0 Å². The van der Waals surface area contributed by atoms with Gasteiger partial charge < -0.3 is 9.80 Å². The van der Waals surface area contributed by atoms with Gasteiger partial charge in [0.05, 0.1) is 11.3 Å². The number of piperidine rings is 1. The molecular formula is C19H21FN4O. The summed E-state index contributed by atoms with van der Waals surface area (Å²) >= 11 is 0. The summed E-state index contributed by atoms with van der Waals surface area (Å²) in [7, 11) is 0. The Morgan fingerprint density at radius 1 is 1.08 bits per heavy atom. The molecule has 2 aromatic rings. The van der Waals surface area contributed by atoms with Crippen molar-refractivity contribution in [2.75, 3.05) is 31.1 Å². The maximum atomic E-state index is 13.9. The van der Waals surface area contributed by atoms with Crippen molar-refractivity contribution in [1.82, 2.24) is 15.1 Å². The first-order valence-corrected chi connectivity index (χ1v) is 8.71. The van der Waals surface area contributed by atoms with Gasteiger partial charge >= 0.3 is 0 Å². The molecule has 0 bridgehead atoms. The molecule has 5 nitrogen and oxygen atoms in total. The van der Waals surface area contributed by atoms with Gasteiger partial charge in [-0.05, 0) is 49.4 Å². The van der Waals surface area contributed by atoms with Crippen LogP contribution in [0.25, 0.3) is 0 Å². The average Bonchev–Trinajstić information content (AvgIpc) is 3.05. The molecule has 130 valence electrons. The Morgan fingerprint density at radius 3 is 2.64 bits per heavy atom. The third-order valence-corrected chi connectivity index (χ3v) is 5.30. The summed E-state index contributed by atoms with van der Waals surface area (Å²) in [5.74, 6) is 1.12. The van der Waals surface area contributed by atoms with Crippen molar-refractivity contribution < 1.29 is 9.18 Å². The number of amides is 1. The number of hydrogen-bond donors (Lipinski definition) is 0. The lowest BCUT2D eigenvalue weighted by Gasteiger charge is -2.34.